The van der Waals surface area contributed by atoms with Gasteiger partial charge in [0, 0.05) is 5.75 Å². The van der Waals surface area contributed by atoms with Crippen LogP contribution >= 0.6 is 11.8 Å². The predicted octanol–water partition coefficient (Wildman–Crippen LogP) is 1.36. The zero-order valence-electron chi connectivity index (χ0n) is 7.89. The molecule has 0 fully saturated rings. The number of thioether (sulfide) groups is 1. The molecule has 0 aliphatic rings. The molecule has 11 heavy (non-hydrogen) atoms. The molecule has 0 heterocycles. The highest BCUT2D eigenvalue weighted by atomic mass is 32.2. The van der Waals surface area contributed by atoms with Gasteiger partial charge in [-0.05, 0) is 6.42 Å². The Hall–Kier alpha value is -0.0200. The van der Waals surface area contributed by atoms with E-state index in [0.717, 1.165) is 16.7 Å². The molecule has 3 heteroatoms. The molecule has 0 aliphatic heterocycles. The summed E-state index contributed by atoms with van der Waals surface area (Å²) in [6, 6.07) is 0. The third kappa shape index (κ3) is 7.88. The molecular formula is C8H18NOS+. The van der Waals surface area contributed by atoms with Gasteiger partial charge in [0.1, 0.15) is 6.54 Å². The van der Waals surface area contributed by atoms with Crippen molar-refractivity contribution in [3.63, 3.8) is 0 Å². The summed E-state index contributed by atoms with van der Waals surface area (Å²) in [5.41, 5.74) is 0. The molecule has 0 rings (SSSR count). The highest BCUT2D eigenvalue weighted by Gasteiger charge is 2.13. The maximum Gasteiger partial charge on any atom is 0.243 e. The molecule has 0 amide bonds. The molecule has 0 radical (unpaired) electrons. The fourth-order valence-corrected chi connectivity index (χ4v) is 1.56. The van der Waals surface area contributed by atoms with Gasteiger partial charge in [-0.1, -0.05) is 18.7 Å². The standard InChI is InChI=1S/C8H18NOS/c1-5-6-11-8(10)7-9(2,3)4/h5-7H2,1-4H3/q+1. The lowest BCUT2D eigenvalue weighted by Crippen LogP contribution is -2.38. The summed E-state index contributed by atoms with van der Waals surface area (Å²) in [6.07, 6.45) is 1.08. The van der Waals surface area contributed by atoms with E-state index in [2.05, 4.69) is 6.92 Å². The van der Waals surface area contributed by atoms with E-state index in [-0.39, 0.29) is 0 Å². The van der Waals surface area contributed by atoms with Gasteiger partial charge >= 0.3 is 0 Å². The zero-order valence-corrected chi connectivity index (χ0v) is 8.70. The normalized spacial score (nSPS) is 11.6. The van der Waals surface area contributed by atoms with Crippen molar-refractivity contribution >= 4 is 16.9 Å². The van der Waals surface area contributed by atoms with E-state index >= 15 is 0 Å². The molecule has 0 aromatic rings. The summed E-state index contributed by atoms with van der Waals surface area (Å²) >= 11 is 1.45. The SMILES string of the molecule is CCCSC(=O)C[N+](C)(C)C. The second-order valence-corrected chi connectivity index (χ2v) is 4.82. The van der Waals surface area contributed by atoms with Crippen molar-refractivity contribution < 1.29 is 9.28 Å². The summed E-state index contributed by atoms with van der Waals surface area (Å²) in [4.78, 5) is 11.2. The molecule has 0 spiro atoms. The van der Waals surface area contributed by atoms with Crippen LogP contribution in [-0.2, 0) is 4.79 Å². The second-order valence-electron chi connectivity index (χ2n) is 3.67. The van der Waals surface area contributed by atoms with Crippen molar-refractivity contribution in [3.05, 3.63) is 0 Å². The van der Waals surface area contributed by atoms with E-state index in [4.69, 9.17) is 0 Å². The largest absolute Gasteiger partial charge is 0.324 e. The Labute approximate surface area is 73.5 Å². The van der Waals surface area contributed by atoms with Gasteiger partial charge in [0.2, 0.25) is 5.12 Å². The Balaban J connectivity index is 3.53. The topological polar surface area (TPSA) is 17.1 Å². The quantitative estimate of drug-likeness (QED) is 0.602. The van der Waals surface area contributed by atoms with E-state index in [1.807, 2.05) is 21.1 Å². The first-order valence-electron chi connectivity index (χ1n) is 3.92. The third-order valence-corrected chi connectivity index (χ3v) is 2.13. The summed E-state index contributed by atoms with van der Waals surface area (Å²) in [7, 11) is 6.10. The van der Waals surface area contributed by atoms with Gasteiger partial charge in [0.15, 0.2) is 0 Å². The monoisotopic (exact) mass is 176 g/mol. The van der Waals surface area contributed by atoms with Crippen LogP contribution in [0.15, 0.2) is 0 Å². The summed E-state index contributed by atoms with van der Waals surface area (Å²) in [5.74, 6) is 0.957. The lowest BCUT2D eigenvalue weighted by atomic mass is 10.5. The van der Waals surface area contributed by atoms with Crippen LogP contribution in [0.1, 0.15) is 13.3 Å². The minimum atomic E-state index is 0.305. The number of carbonyl (C=O) groups excluding carboxylic acids is 1. The van der Waals surface area contributed by atoms with Crippen molar-refractivity contribution in [1.82, 2.24) is 0 Å². The predicted molar refractivity (Wildman–Crippen MR) is 50.7 cm³/mol. The van der Waals surface area contributed by atoms with Crippen LogP contribution in [0, 0.1) is 0 Å². The molecule has 0 bridgehead atoms. The van der Waals surface area contributed by atoms with Crippen LogP contribution in [-0.4, -0.2) is 43.0 Å². The molecular weight excluding hydrogens is 158 g/mol. The molecule has 0 N–H and O–H groups in total. The minimum Gasteiger partial charge on any atom is -0.324 e. The van der Waals surface area contributed by atoms with Crippen molar-refractivity contribution in [2.45, 2.75) is 13.3 Å². The van der Waals surface area contributed by atoms with E-state index < -0.39 is 0 Å². The maximum absolute atomic E-state index is 11.2. The van der Waals surface area contributed by atoms with Crippen molar-refractivity contribution in [1.29, 1.82) is 0 Å². The number of hydrogen-bond acceptors (Lipinski definition) is 2. The van der Waals surface area contributed by atoms with Gasteiger partial charge < -0.3 is 4.48 Å². The minimum absolute atomic E-state index is 0.305. The first-order chi connectivity index (χ1) is 4.95. The zero-order chi connectivity index (χ0) is 8.91. The third-order valence-electron chi connectivity index (χ3n) is 1.07. The second kappa shape index (κ2) is 4.78. The van der Waals surface area contributed by atoms with Crippen molar-refractivity contribution in [3.8, 4) is 0 Å². The first-order valence-corrected chi connectivity index (χ1v) is 4.90. The Morgan fingerprint density at radius 2 is 1.91 bits per heavy atom. The number of hydrogen-bond donors (Lipinski definition) is 0. The lowest BCUT2D eigenvalue weighted by Gasteiger charge is -2.22. The highest BCUT2D eigenvalue weighted by molar-refractivity contribution is 8.13. The smallest absolute Gasteiger partial charge is 0.243 e. The van der Waals surface area contributed by atoms with Crippen LogP contribution in [0.4, 0.5) is 0 Å². The first kappa shape index (κ1) is 11.0. The summed E-state index contributed by atoms with van der Waals surface area (Å²) in [5, 5.41) is 0.305. The van der Waals surface area contributed by atoms with E-state index in [9.17, 15) is 4.79 Å². The van der Waals surface area contributed by atoms with Crippen molar-refractivity contribution in [2.24, 2.45) is 0 Å². The molecule has 0 aromatic carbocycles. The highest BCUT2D eigenvalue weighted by Crippen LogP contribution is 2.06. The fraction of sp³-hybridized carbons (Fsp3) is 0.875. The number of quaternary nitrogens is 1. The number of likely N-dealkylation sites (N-methyl/N-ethyl adjacent to an activating group) is 1. The van der Waals surface area contributed by atoms with Gasteiger partial charge in [0.05, 0.1) is 21.1 Å². The summed E-state index contributed by atoms with van der Waals surface area (Å²) < 4.78 is 0.732. The van der Waals surface area contributed by atoms with E-state index in [1.165, 1.54) is 11.8 Å². The molecule has 0 atom stereocenters. The lowest BCUT2D eigenvalue weighted by molar-refractivity contribution is -0.861. The average molecular weight is 176 g/mol. The van der Waals surface area contributed by atoms with Gasteiger partial charge in [0.25, 0.3) is 0 Å². The van der Waals surface area contributed by atoms with Crippen LogP contribution in [0.5, 0.6) is 0 Å². The molecule has 0 aromatic heterocycles. The Morgan fingerprint density at radius 1 is 1.36 bits per heavy atom. The molecule has 0 saturated carbocycles. The number of nitrogens with zero attached hydrogens (tertiary/aromatic N) is 1. The van der Waals surface area contributed by atoms with E-state index in [1.54, 1.807) is 0 Å². The molecule has 0 aliphatic carbocycles. The molecule has 0 saturated heterocycles. The van der Waals surface area contributed by atoms with Crippen LogP contribution in [0.2, 0.25) is 0 Å². The van der Waals surface area contributed by atoms with Gasteiger partial charge in [-0.15, -0.1) is 0 Å². The summed E-state index contributed by atoms with van der Waals surface area (Å²) in [6.45, 7) is 2.72. The Morgan fingerprint density at radius 3 is 2.27 bits per heavy atom. The van der Waals surface area contributed by atoms with Crippen LogP contribution in [0.25, 0.3) is 0 Å². The van der Waals surface area contributed by atoms with Gasteiger partial charge in [-0.3, -0.25) is 4.79 Å². The number of carbonyl (C=O) groups is 1. The fourth-order valence-electron chi connectivity index (χ4n) is 0.649. The number of rotatable bonds is 4. The molecule has 0 unspecified atom stereocenters. The molecule has 66 valence electrons. The molecule has 2 nitrogen and oxygen atoms in total. The maximum atomic E-state index is 11.2. The van der Waals surface area contributed by atoms with Crippen LogP contribution < -0.4 is 0 Å². The van der Waals surface area contributed by atoms with Crippen LogP contribution in [0.3, 0.4) is 0 Å². The van der Waals surface area contributed by atoms with Gasteiger partial charge in [-0.2, -0.15) is 0 Å². The Kier molecular flexibility index (Phi) is 4.77. The Bertz CT molecular complexity index is 129. The van der Waals surface area contributed by atoms with Crippen molar-refractivity contribution in [2.75, 3.05) is 33.4 Å². The van der Waals surface area contributed by atoms with E-state index in [0.29, 0.717) is 11.7 Å². The average Bonchev–Trinajstić information content (AvgIpc) is 1.79. The van der Waals surface area contributed by atoms with Gasteiger partial charge in [-0.25, -0.2) is 0 Å².